The van der Waals surface area contributed by atoms with Gasteiger partial charge in [0.25, 0.3) is 0 Å². The van der Waals surface area contributed by atoms with E-state index in [4.69, 9.17) is 9.47 Å². The van der Waals surface area contributed by atoms with Gasteiger partial charge in [0.1, 0.15) is 13.2 Å². The highest BCUT2D eigenvalue weighted by molar-refractivity contribution is 6.23. The molecule has 4 heteroatoms. The Morgan fingerprint density at radius 3 is 2.26 bits per heavy atom. The molecule has 0 aromatic heterocycles. The van der Waals surface area contributed by atoms with Gasteiger partial charge in [0, 0.05) is 6.08 Å². The van der Waals surface area contributed by atoms with Crippen molar-refractivity contribution in [1.82, 2.24) is 0 Å². The third-order valence-electron chi connectivity index (χ3n) is 4.72. The second kappa shape index (κ2) is 7.08. The standard InChI is InChI=1S/C23H18O4/c1-2-20(24)26-13-12-21(25)27-14-18-9-8-17-7-6-15-4-3-5-16-10-11-19(18)23(17)22(15)16/h2-11H,1,12-14H2. The van der Waals surface area contributed by atoms with Crippen LogP contribution in [0.3, 0.4) is 0 Å². The summed E-state index contributed by atoms with van der Waals surface area (Å²) < 4.78 is 10.2. The summed E-state index contributed by atoms with van der Waals surface area (Å²) in [4.78, 5) is 22.9. The monoisotopic (exact) mass is 358 g/mol. The highest BCUT2D eigenvalue weighted by Crippen LogP contribution is 2.36. The summed E-state index contributed by atoms with van der Waals surface area (Å²) in [6.07, 6.45) is 1.08. The molecule has 0 heterocycles. The highest BCUT2D eigenvalue weighted by atomic mass is 16.5. The summed E-state index contributed by atoms with van der Waals surface area (Å²) >= 11 is 0. The first-order valence-corrected chi connectivity index (χ1v) is 8.77. The second-order valence-corrected chi connectivity index (χ2v) is 6.36. The van der Waals surface area contributed by atoms with Gasteiger partial charge in [0.05, 0.1) is 6.42 Å². The molecule has 0 aliphatic rings. The average molecular weight is 358 g/mol. The number of carbonyl (C=O) groups is 2. The number of benzene rings is 4. The minimum Gasteiger partial charge on any atom is -0.462 e. The average Bonchev–Trinajstić information content (AvgIpc) is 2.70. The largest absolute Gasteiger partial charge is 0.462 e. The van der Waals surface area contributed by atoms with Gasteiger partial charge in [0.15, 0.2) is 0 Å². The van der Waals surface area contributed by atoms with Gasteiger partial charge in [0.2, 0.25) is 0 Å². The zero-order chi connectivity index (χ0) is 18.8. The topological polar surface area (TPSA) is 52.6 Å². The van der Waals surface area contributed by atoms with Crippen LogP contribution in [0, 0.1) is 0 Å². The molecule has 0 unspecified atom stereocenters. The number of ether oxygens (including phenoxy) is 2. The quantitative estimate of drug-likeness (QED) is 0.284. The molecular formula is C23H18O4. The van der Waals surface area contributed by atoms with E-state index in [1.54, 1.807) is 0 Å². The van der Waals surface area contributed by atoms with Crippen LogP contribution in [0.1, 0.15) is 12.0 Å². The molecular weight excluding hydrogens is 340 g/mol. The molecule has 134 valence electrons. The first-order chi connectivity index (χ1) is 13.2. The zero-order valence-electron chi connectivity index (χ0n) is 14.7. The number of esters is 2. The summed E-state index contributed by atoms with van der Waals surface area (Å²) in [5.41, 5.74) is 0.956. The summed E-state index contributed by atoms with van der Waals surface area (Å²) in [7, 11) is 0. The van der Waals surface area contributed by atoms with Gasteiger partial charge in [-0.15, -0.1) is 0 Å². The summed E-state index contributed by atoms with van der Waals surface area (Å²) in [5.74, 6) is -0.952. The maximum Gasteiger partial charge on any atom is 0.330 e. The fraction of sp³-hybridized carbons (Fsp3) is 0.130. The minimum absolute atomic E-state index is 0.0117. The van der Waals surface area contributed by atoms with Crippen LogP contribution in [0.25, 0.3) is 32.3 Å². The molecule has 0 bridgehead atoms. The van der Waals surface area contributed by atoms with Crippen molar-refractivity contribution in [1.29, 1.82) is 0 Å². The van der Waals surface area contributed by atoms with Crippen molar-refractivity contribution in [2.24, 2.45) is 0 Å². The van der Waals surface area contributed by atoms with Gasteiger partial charge in [-0.05, 0) is 37.9 Å². The Kier molecular flexibility index (Phi) is 4.47. The van der Waals surface area contributed by atoms with Gasteiger partial charge in [-0.2, -0.15) is 0 Å². The normalized spacial score (nSPS) is 11.1. The van der Waals surface area contributed by atoms with Gasteiger partial charge in [-0.3, -0.25) is 4.79 Å². The number of hydrogen-bond acceptors (Lipinski definition) is 4. The van der Waals surface area contributed by atoms with Crippen molar-refractivity contribution in [2.45, 2.75) is 13.0 Å². The molecule has 0 aliphatic carbocycles. The minimum atomic E-state index is -0.547. The Labute approximate surface area is 156 Å². The van der Waals surface area contributed by atoms with E-state index in [2.05, 4.69) is 55.1 Å². The Balaban J connectivity index is 1.58. The van der Waals surface area contributed by atoms with Crippen LogP contribution in [0.2, 0.25) is 0 Å². The number of carbonyl (C=O) groups excluding carboxylic acids is 2. The molecule has 0 aliphatic heterocycles. The van der Waals surface area contributed by atoms with Crippen LogP contribution in [0.15, 0.2) is 67.3 Å². The Morgan fingerprint density at radius 2 is 1.52 bits per heavy atom. The molecule has 27 heavy (non-hydrogen) atoms. The molecule has 4 nitrogen and oxygen atoms in total. The van der Waals surface area contributed by atoms with Crippen molar-refractivity contribution < 1.29 is 19.1 Å². The molecule has 0 N–H and O–H groups in total. The maximum absolute atomic E-state index is 11.9. The van der Waals surface area contributed by atoms with Crippen LogP contribution >= 0.6 is 0 Å². The van der Waals surface area contributed by atoms with E-state index in [0.717, 1.165) is 17.0 Å². The molecule has 0 fully saturated rings. The van der Waals surface area contributed by atoms with Crippen LogP contribution < -0.4 is 0 Å². The summed E-state index contributed by atoms with van der Waals surface area (Å²) in [6, 6.07) is 18.8. The molecule has 0 saturated carbocycles. The van der Waals surface area contributed by atoms with Crippen molar-refractivity contribution in [2.75, 3.05) is 6.61 Å². The van der Waals surface area contributed by atoms with E-state index in [1.807, 2.05) is 6.07 Å². The Morgan fingerprint density at radius 1 is 0.852 bits per heavy atom. The fourth-order valence-electron chi connectivity index (χ4n) is 3.45. The lowest BCUT2D eigenvalue weighted by Crippen LogP contribution is -2.10. The lowest BCUT2D eigenvalue weighted by atomic mass is 9.92. The first kappa shape index (κ1) is 17.0. The van der Waals surface area contributed by atoms with E-state index < -0.39 is 11.9 Å². The SMILES string of the molecule is C=CC(=O)OCCC(=O)OCc1ccc2ccc3cccc4ccc1c2c34. The van der Waals surface area contributed by atoms with Crippen molar-refractivity contribution >= 4 is 44.3 Å². The zero-order valence-corrected chi connectivity index (χ0v) is 14.7. The van der Waals surface area contributed by atoms with Crippen molar-refractivity contribution in [3.63, 3.8) is 0 Å². The molecule has 0 amide bonds. The molecule has 4 aromatic rings. The van der Waals surface area contributed by atoms with Crippen molar-refractivity contribution in [3.05, 3.63) is 72.8 Å². The molecule has 0 radical (unpaired) electrons. The smallest absolute Gasteiger partial charge is 0.330 e. The Bertz CT molecular complexity index is 1140. The third kappa shape index (κ3) is 3.22. The second-order valence-electron chi connectivity index (χ2n) is 6.36. The van der Waals surface area contributed by atoms with Gasteiger partial charge >= 0.3 is 11.9 Å². The molecule has 4 rings (SSSR count). The molecule has 0 atom stereocenters. The lowest BCUT2D eigenvalue weighted by molar-refractivity contribution is -0.148. The predicted octanol–water partition coefficient (Wildman–Crippen LogP) is 4.75. The fourth-order valence-corrected chi connectivity index (χ4v) is 3.45. The van der Waals surface area contributed by atoms with E-state index in [9.17, 15) is 9.59 Å². The van der Waals surface area contributed by atoms with Crippen LogP contribution in [0.5, 0.6) is 0 Å². The summed E-state index contributed by atoms with van der Waals surface area (Å²) in [5, 5.41) is 7.08. The number of rotatable bonds is 6. The van der Waals surface area contributed by atoms with Crippen LogP contribution in [-0.4, -0.2) is 18.5 Å². The van der Waals surface area contributed by atoms with E-state index in [-0.39, 0.29) is 19.6 Å². The van der Waals surface area contributed by atoms with E-state index in [1.165, 1.54) is 26.9 Å². The predicted molar refractivity (Wildman–Crippen MR) is 106 cm³/mol. The lowest BCUT2D eigenvalue weighted by Gasteiger charge is -2.14. The summed E-state index contributed by atoms with van der Waals surface area (Å²) in [6.45, 7) is 3.48. The van der Waals surface area contributed by atoms with Gasteiger partial charge in [-0.25, -0.2) is 4.79 Å². The first-order valence-electron chi connectivity index (χ1n) is 8.77. The van der Waals surface area contributed by atoms with Crippen molar-refractivity contribution in [3.8, 4) is 0 Å². The van der Waals surface area contributed by atoms with E-state index in [0.29, 0.717) is 0 Å². The van der Waals surface area contributed by atoms with Crippen LogP contribution in [0.4, 0.5) is 0 Å². The molecule has 4 aromatic carbocycles. The van der Waals surface area contributed by atoms with E-state index >= 15 is 0 Å². The van der Waals surface area contributed by atoms with Gasteiger partial charge < -0.3 is 9.47 Å². The third-order valence-corrected chi connectivity index (χ3v) is 4.72. The highest BCUT2D eigenvalue weighted by Gasteiger charge is 2.12. The Hall–Kier alpha value is -3.40. The van der Waals surface area contributed by atoms with Gasteiger partial charge in [-0.1, -0.05) is 61.2 Å². The number of hydrogen-bond donors (Lipinski definition) is 0. The molecule has 0 spiro atoms. The van der Waals surface area contributed by atoms with Crippen LogP contribution in [-0.2, 0) is 25.7 Å². The maximum atomic E-state index is 11.9. The molecule has 0 saturated heterocycles.